The van der Waals surface area contributed by atoms with Crippen LogP contribution >= 0.6 is 15.9 Å². The Labute approximate surface area is 313 Å². The van der Waals surface area contributed by atoms with Gasteiger partial charge in [-0.15, -0.1) is 15.0 Å². The zero-order chi connectivity index (χ0) is 35.5. The molecule has 1 amide bonds. The second-order valence-electron chi connectivity index (χ2n) is 13.9. The highest BCUT2D eigenvalue weighted by Crippen LogP contribution is 2.42. The first kappa shape index (κ1) is 33.9. The van der Waals surface area contributed by atoms with Crippen molar-refractivity contribution in [2.24, 2.45) is 4.99 Å². The van der Waals surface area contributed by atoms with Gasteiger partial charge in [-0.25, -0.2) is 0 Å². The van der Waals surface area contributed by atoms with Crippen molar-refractivity contribution in [3.05, 3.63) is 160 Å². The van der Waals surface area contributed by atoms with Gasteiger partial charge in [0.05, 0.1) is 6.54 Å². The lowest BCUT2D eigenvalue weighted by Crippen LogP contribution is -2.40. The lowest BCUT2D eigenvalue weighted by atomic mass is 9.77. The standard InChI is InChI=1S/C44H41BrN6O/c1-2-3-21-40-46-43(28-13-14-29-43)42(52)50(40)31-32-22-24-33(25-23-32)39-30-37(45)26-27-38(39)41-47-49-51(48-41)44(34-15-7-4-8-16-34,35-17-9-5-10-18-35)36-19-11-6-12-20-36/h4-12,15-20,22-27,30H,2-3,13-14,21,28-29,31H2,1H3. The first-order chi connectivity index (χ1) is 25.5. The van der Waals surface area contributed by atoms with E-state index in [-0.39, 0.29) is 5.91 Å². The number of amidine groups is 1. The van der Waals surface area contributed by atoms with E-state index in [4.69, 9.17) is 20.4 Å². The van der Waals surface area contributed by atoms with Crippen molar-refractivity contribution in [3.63, 3.8) is 0 Å². The van der Waals surface area contributed by atoms with Gasteiger partial charge in [-0.1, -0.05) is 157 Å². The molecule has 0 N–H and O–H groups in total. The Bertz CT molecular complexity index is 2100. The van der Waals surface area contributed by atoms with E-state index in [0.717, 1.165) is 94.2 Å². The van der Waals surface area contributed by atoms with E-state index in [2.05, 4.69) is 126 Å². The van der Waals surface area contributed by atoms with Crippen LogP contribution in [0, 0.1) is 0 Å². The fourth-order valence-electron chi connectivity index (χ4n) is 7.97. The summed E-state index contributed by atoms with van der Waals surface area (Å²) in [7, 11) is 0. The second-order valence-corrected chi connectivity index (χ2v) is 14.8. The van der Waals surface area contributed by atoms with Crippen LogP contribution in [0.1, 0.15) is 74.1 Å². The third kappa shape index (κ3) is 6.09. The topological polar surface area (TPSA) is 76.3 Å². The van der Waals surface area contributed by atoms with E-state index in [1.165, 1.54) is 0 Å². The van der Waals surface area contributed by atoms with Crippen LogP contribution in [0.5, 0.6) is 0 Å². The molecule has 0 radical (unpaired) electrons. The number of unbranched alkanes of at least 4 members (excludes halogenated alkanes) is 1. The summed E-state index contributed by atoms with van der Waals surface area (Å²) in [4.78, 5) is 22.6. The van der Waals surface area contributed by atoms with Crippen LogP contribution in [-0.4, -0.2) is 42.4 Å². The number of aliphatic imine (C=N–C) groups is 1. The number of benzene rings is 5. The molecule has 0 atom stereocenters. The number of halogens is 1. The highest BCUT2D eigenvalue weighted by molar-refractivity contribution is 9.10. The predicted octanol–water partition coefficient (Wildman–Crippen LogP) is 9.85. The van der Waals surface area contributed by atoms with E-state index in [0.29, 0.717) is 12.4 Å². The molecule has 260 valence electrons. The fraction of sp³-hybridized carbons (Fsp3) is 0.250. The Balaban J connectivity index is 1.16. The molecule has 7 nitrogen and oxygen atoms in total. The van der Waals surface area contributed by atoms with Gasteiger partial charge >= 0.3 is 0 Å². The van der Waals surface area contributed by atoms with Gasteiger partial charge in [0.25, 0.3) is 5.91 Å². The smallest absolute Gasteiger partial charge is 0.256 e. The summed E-state index contributed by atoms with van der Waals surface area (Å²) in [5.41, 5.74) is 5.65. The minimum absolute atomic E-state index is 0.182. The summed E-state index contributed by atoms with van der Waals surface area (Å²) in [5, 5.41) is 14.7. The first-order valence-electron chi connectivity index (χ1n) is 18.3. The summed E-state index contributed by atoms with van der Waals surface area (Å²) < 4.78 is 0.955. The minimum atomic E-state index is -0.866. The molecule has 1 aliphatic heterocycles. The molecule has 0 unspecified atom stereocenters. The van der Waals surface area contributed by atoms with Crippen LogP contribution in [0.4, 0.5) is 0 Å². The van der Waals surface area contributed by atoms with Crippen molar-refractivity contribution in [1.29, 1.82) is 0 Å². The third-order valence-electron chi connectivity index (χ3n) is 10.6. The van der Waals surface area contributed by atoms with Crippen molar-refractivity contribution in [2.45, 2.75) is 69.5 Å². The molecule has 52 heavy (non-hydrogen) atoms. The molecule has 5 aromatic carbocycles. The summed E-state index contributed by atoms with van der Waals surface area (Å²) in [6, 6.07) is 45.8. The Morgan fingerprint density at radius 3 is 1.92 bits per heavy atom. The number of aromatic nitrogens is 4. The van der Waals surface area contributed by atoms with Gasteiger partial charge in [-0.3, -0.25) is 14.7 Å². The minimum Gasteiger partial charge on any atom is -0.294 e. The molecular formula is C44H41BrN6O. The lowest BCUT2D eigenvalue weighted by Gasteiger charge is -2.34. The molecule has 2 aliphatic rings. The number of amides is 1. The van der Waals surface area contributed by atoms with Crippen molar-refractivity contribution in [3.8, 4) is 22.5 Å². The van der Waals surface area contributed by atoms with E-state index >= 15 is 0 Å². The fourth-order valence-corrected chi connectivity index (χ4v) is 8.33. The van der Waals surface area contributed by atoms with Crippen LogP contribution in [0.2, 0.25) is 0 Å². The third-order valence-corrected chi connectivity index (χ3v) is 11.1. The molecule has 2 heterocycles. The average Bonchev–Trinajstić information content (AvgIpc) is 3.94. The maximum absolute atomic E-state index is 13.8. The highest BCUT2D eigenvalue weighted by Gasteiger charge is 2.49. The molecule has 1 saturated carbocycles. The predicted molar refractivity (Wildman–Crippen MR) is 210 cm³/mol. The van der Waals surface area contributed by atoms with E-state index in [1.54, 1.807) is 4.80 Å². The van der Waals surface area contributed by atoms with Gasteiger partial charge in [-0.05, 0) is 76.1 Å². The number of carbonyl (C=O) groups is 1. The largest absolute Gasteiger partial charge is 0.294 e. The lowest BCUT2D eigenvalue weighted by molar-refractivity contribution is -0.131. The maximum Gasteiger partial charge on any atom is 0.256 e. The number of nitrogens with zero attached hydrogens (tertiary/aromatic N) is 6. The zero-order valence-electron chi connectivity index (χ0n) is 29.3. The number of hydrogen-bond acceptors (Lipinski definition) is 5. The van der Waals surface area contributed by atoms with Gasteiger partial charge < -0.3 is 0 Å². The Hall–Kier alpha value is -5.21. The normalized spacial score (nSPS) is 15.4. The SMILES string of the molecule is CCCCC1=NC2(CCCC2)C(=O)N1Cc1ccc(-c2cc(Br)ccc2-c2nnn(C(c3ccccc3)(c3ccccc3)c3ccccc3)n2)cc1. The van der Waals surface area contributed by atoms with Crippen molar-refractivity contribution in [1.82, 2.24) is 25.1 Å². The van der Waals surface area contributed by atoms with Crippen LogP contribution < -0.4 is 0 Å². The monoisotopic (exact) mass is 748 g/mol. The number of rotatable bonds is 11. The Morgan fingerprint density at radius 1 is 0.750 bits per heavy atom. The Kier molecular flexibility index (Phi) is 9.41. The van der Waals surface area contributed by atoms with Crippen molar-refractivity contribution >= 4 is 27.7 Å². The summed E-state index contributed by atoms with van der Waals surface area (Å²) in [5.74, 6) is 1.67. The summed E-state index contributed by atoms with van der Waals surface area (Å²) in [6.45, 7) is 2.72. The van der Waals surface area contributed by atoms with Gasteiger partial charge in [0.15, 0.2) is 5.54 Å². The molecule has 0 saturated heterocycles. The molecule has 1 fully saturated rings. The first-order valence-corrected chi connectivity index (χ1v) is 19.1. The molecule has 1 aromatic heterocycles. The van der Waals surface area contributed by atoms with Crippen molar-refractivity contribution < 1.29 is 4.79 Å². The molecule has 8 rings (SSSR count). The zero-order valence-corrected chi connectivity index (χ0v) is 30.9. The summed E-state index contributed by atoms with van der Waals surface area (Å²) >= 11 is 3.71. The van der Waals surface area contributed by atoms with E-state index in [1.807, 2.05) is 35.2 Å². The van der Waals surface area contributed by atoms with Crippen molar-refractivity contribution in [2.75, 3.05) is 0 Å². The number of hydrogen-bond donors (Lipinski definition) is 0. The number of carbonyl (C=O) groups excluding carboxylic acids is 1. The van der Waals surface area contributed by atoms with Gasteiger partial charge in [-0.2, -0.15) is 0 Å². The molecule has 8 heteroatoms. The van der Waals surface area contributed by atoms with E-state index in [9.17, 15) is 4.79 Å². The van der Waals surface area contributed by atoms with Gasteiger partial charge in [0.1, 0.15) is 11.4 Å². The van der Waals surface area contributed by atoms with Gasteiger partial charge in [0, 0.05) is 16.5 Å². The second kappa shape index (κ2) is 14.4. The maximum atomic E-state index is 13.8. The molecule has 6 aromatic rings. The van der Waals surface area contributed by atoms with Crippen LogP contribution in [0.25, 0.3) is 22.5 Å². The molecule has 0 bridgehead atoms. The molecular weight excluding hydrogens is 708 g/mol. The highest BCUT2D eigenvalue weighted by atomic mass is 79.9. The molecule has 1 spiro atoms. The van der Waals surface area contributed by atoms with Gasteiger partial charge in [0.2, 0.25) is 5.82 Å². The molecule has 1 aliphatic carbocycles. The quantitative estimate of drug-likeness (QED) is 0.124. The van der Waals surface area contributed by atoms with Crippen LogP contribution in [0.15, 0.2) is 143 Å². The van der Waals surface area contributed by atoms with E-state index < -0.39 is 11.1 Å². The average molecular weight is 750 g/mol. The van der Waals surface area contributed by atoms with Crippen LogP contribution in [0.3, 0.4) is 0 Å². The van der Waals surface area contributed by atoms with Crippen LogP contribution in [-0.2, 0) is 16.9 Å². The number of tetrazole rings is 1. The summed E-state index contributed by atoms with van der Waals surface area (Å²) in [6.07, 6.45) is 6.83. The Morgan fingerprint density at radius 2 is 1.35 bits per heavy atom.